The number of carbonyl (C=O) groups is 1. The fourth-order valence-corrected chi connectivity index (χ4v) is 4.02. The van der Waals surface area contributed by atoms with Gasteiger partial charge in [0, 0.05) is 13.2 Å². The van der Waals surface area contributed by atoms with Crippen LogP contribution in [0.15, 0.2) is 51.7 Å². The average Bonchev–Trinajstić information content (AvgIpc) is 2.99. The van der Waals surface area contributed by atoms with Crippen LogP contribution < -0.4 is 5.43 Å². The normalized spacial score (nSPS) is 16.1. The summed E-state index contributed by atoms with van der Waals surface area (Å²) in [5.41, 5.74) is 3.68. The Labute approximate surface area is 169 Å². The van der Waals surface area contributed by atoms with Gasteiger partial charge in [-0.3, -0.25) is 9.59 Å². The maximum atomic E-state index is 13.4. The Kier molecular flexibility index (Phi) is 5.01. The zero-order valence-electron chi connectivity index (χ0n) is 16.9. The first kappa shape index (κ1) is 19.4. The van der Waals surface area contributed by atoms with Crippen molar-refractivity contribution in [3.05, 3.63) is 80.7 Å². The molecule has 0 radical (unpaired) electrons. The van der Waals surface area contributed by atoms with E-state index in [-0.39, 0.29) is 23.7 Å². The van der Waals surface area contributed by atoms with E-state index in [0.29, 0.717) is 35.4 Å². The van der Waals surface area contributed by atoms with Crippen molar-refractivity contribution in [3.63, 3.8) is 0 Å². The van der Waals surface area contributed by atoms with Crippen molar-refractivity contribution < 1.29 is 14.3 Å². The van der Waals surface area contributed by atoms with Crippen molar-refractivity contribution in [2.75, 3.05) is 13.2 Å². The Morgan fingerprint density at radius 3 is 2.48 bits per heavy atom. The van der Waals surface area contributed by atoms with Gasteiger partial charge in [-0.1, -0.05) is 49.7 Å². The molecule has 1 aliphatic heterocycles. The summed E-state index contributed by atoms with van der Waals surface area (Å²) in [6, 6.07) is 12.9. The fraction of sp³-hybridized carbons (Fsp3) is 0.333. The van der Waals surface area contributed by atoms with Crippen molar-refractivity contribution in [2.24, 2.45) is 0 Å². The second-order valence-corrected chi connectivity index (χ2v) is 7.97. The number of benzene rings is 2. The molecule has 0 aliphatic carbocycles. The number of rotatable bonds is 5. The molecule has 29 heavy (non-hydrogen) atoms. The van der Waals surface area contributed by atoms with E-state index in [1.807, 2.05) is 37.3 Å². The molecule has 3 aromatic rings. The fourth-order valence-electron chi connectivity index (χ4n) is 4.02. The minimum atomic E-state index is -0.508. The van der Waals surface area contributed by atoms with Crippen LogP contribution in [0.3, 0.4) is 0 Å². The Bertz CT molecular complexity index is 1130. The molecule has 0 spiro atoms. The molecule has 0 bridgehead atoms. The van der Waals surface area contributed by atoms with Gasteiger partial charge in [0.25, 0.3) is 5.91 Å². The lowest BCUT2D eigenvalue weighted by Gasteiger charge is -2.25. The summed E-state index contributed by atoms with van der Waals surface area (Å²) in [6.07, 6.45) is 0.438. The number of hydrogen-bond acceptors (Lipinski definition) is 4. The molecule has 1 N–H and O–H groups in total. The van der Waals surface area contributed by atoms with E-state index in [0.717, 1.165) is 11.1 Å². The van der Waals surface area contributed by atoms with E-state index in [1.165, 1.54) is 5.56 Å². The zero-order valence-corrected chi connectivity index (χ0v) is 16.9. The van der Waals surface area contributed by atoms with E-state index in [2.05, 4.69) is 13.8 Å². The first-order chi connectivity index (χ1) is 13.9. The van der Waals surface area contributed by atoms with Crippen LogP contribution in [0.25, 0.3) is 11.0 Å². The van der Waals surface area contributed by atoms with Crippen LogP contribution in [0.2, 0.25) is 0 Å². The predicted octanol–water partition coefficient (Wildman–Crippen LogP) is 4.15. The summed E-state index contributed by atoms with van der Waals surface area (Å²) in [4.78, 5) is 28.2. The molecule has 0 fully saturated rings. The number of hydrogen-bond donors (Lipinski definition) is 1. The average molecular weight is 391 g/mol. The lowest BCUT2D eigenvalue weighted by molar-refractivity contribution is 0.0716. The van der Waals surface area contributed by atoms with Gasteiger partial charge < -0.3 is 14.4 Å². The first-order valence-corrected chi connectivity index (χ1v) is 10.0. The van der Waals surface area contributed by atoms with Crippen molar-refractivity contribution in [3.8, 4) is 0 Å². The molecule has 1 atom stereocenters. The molecule has 2 aromatic carbocycles. The smallest absolute Gasteiger partial charge is 0.290 e. The van der Waals surface area contributed by atoms with Gasteiger partial charge in [-0.25, -0.2) is 0 Å². The summed E-state index contributed by atoms with van der Waals surface area (Å²) in [7, 11) is 0. The monoisotopic (exact) mass is 391 g/mol. The van der Waals surface area contributed by atoms with Gasteiger partial charge in [-0.05, 0) is 42.5 Å². The number of nitrogens with zero attached hydrogens (tertiary/aromatic N) is 1. The lowest BCUT2D eigenvalue weighted by atomic mass is 9.95. The summed E-state index contributed by atoms with van der Waals surface area (Å²) in [5.74, 6) is 0.206. The van der Waals surface area contributed by atoms with Gasteiger partial charge >= 0.3 is 0 Å². The van der Waals surface area contributed by atoms with Gasteiger partial charge in [-0.2, -0.15) is 0 Å². The van der Waals surface area contributed by atoms with Crippen LogP contribution in [0, 0.1) is 6.92 Å². The molecule has 1 unspecified atom stereocenters. The van der Waals surface area contributed by atoms with Crippen LogP contribution in [0.4, 0.5) is 0 Å². The SMILES string of the molecule is Cc1ccc2oc3c(c(=O)c2c1)C(c1ccc(C(C)C)cc1)N(CCCO)C3=O. The summed E-state index contributed by atoms with van der Waals surface area (Å²) in [6.45, 7) is 6.50. The highest BCUT2D eigenvalue weighted by molar-refractivity contribution is 5.99. The third kappa shape index (κ3) is 3.25. The molecular formula is C24H25NO4. The van der Waals surface area contributed by atoms with Crippen LogP contribution in [0.5, 0.6) is 0 Å². The highest BCUT2D eigenvalue weighted by Crippen LogP contribution is 2.38. The number of fused-ring (bicyclic) bond motifs is 2. The predicted molar refractivity (Wildman–Crippen MR) is 112 cm³/mol. The van der Waals surface area contributed by atoms with Crippen molar-refractivity contribution in [1.29, 1.82) is 0 Å². The molecule has 1 aromatic heterocycles. The maximum absolute atomic E-state index is 13.4. The standard InChI is InChI=1S/C24H25NO4/c1-14(2)16-6-8-17(9-7-16)21-20-22(27)18-13-15(3)5-10-19(18)29-23(20)24(28)25(21)11-4-12-26/h5-10,13-14,21,26H,4,11-12H2,1-3H3. The van der Waals surface area contributed by atoms with Crippen molar-refractivity contribution >= 4 is 16.9 Å². The second-order valence-electron chi connectivity index (χ2n) is 7.97. The van der Waals surface area contributed by atoms with Gasteiger partial charge in [0.05, 0.1) is 17.0 Å². The number of aliphatic hydroxyl groups excluding tert-OH is 1. The summed E-state index contributed by atoms with van der Waals surface area (Å²) >= 11 is 0. The van der Waals surface area contributed by atoms with Crippen LogP contribution in [0.1, 0.15) is 65.0 Å². The van der Waals surface area contributed by atoms with Crippen LogP contribution in [-0.2, 0) is 0 Å². The number of aryl methyl sites for hydroxylation is 1. The number of carbonyl (C=O) groups excluding carboxylic acids is 1. The topological polar surface area (TPSA) is 70.8 Å². The van der Waals surface area contributed by atoms with E-state index >= 15 is 0 Å². The second kappa shape index (κ2) is 7.48. The largest absolute Gasteiger partial charge is 0.450 e. The zero-order chi connectivity index (χ0) is 20.7. The Hall–Kier alpha value is -2.92. The summed E-state index contributed by atoms with van der Waals surface area (Å²) < 4.78 is 5.92. The summed E-state index contributed by atoms with van der Waals surface area (Å²) in [5, 5.41) is 9.79. The molecule has 5 heteroatoms. The Morgan fingerprint density at radius 2 is 1.83 bits per heavy atom. The van der Waals surface area contributed by atoms with Gasteiger partial charge in [0.1, 0.15) is 5.58 Å². The Balaban J connectivity index is 1.92. The molecule has 0 saturated heterocycles. The molecule has 2 heterocycles. The third-order valence-corrected chi connectivity index (χ3v) is 5.60. The maximum Gasteiger partial charge on any atom is 0.290 e. The molecule has 0 saturated carbocycles. The van der Waals surface area contributed by atoms with Crippen molar-refractivity contribution in [2.45, 2.75) is 39.2 Å². The van der Waals surface area contributed by atoms with E-state index < -0.39 is 6.04 Å². The Morgan fingerprint density at radius 1 is 1.10 bits per heavy atom. The highest BCUT2D eigenvalue weighted by Gasteiger charge is 2.42. The molecule has 1 amide bonds. The minimum absolute atomic E-state index is 0.0261. The molecule has 1 aliphatic rings. The molecule has 150 valence electrons. The third-order valence-electron chi connectivity index (χ3n) is 5.60. The quantitative estimate of drug-likeness (QED) is 0.709. The minimum Gasteiger partial charge on any atom is -0.450 e. The molecule has 5 nitrogen and oxygen atoms in total. The van der Waals surface area contributed by atoms with E-state index in [4.69, 9.17) is 4.42 Å². The van der Waals surface area contributed by atoms with Crippen molar-refractivity contribution in [1.82, 2.24) is 4.90 Å². The van der Waals surface area contributed by atoms with E-state index in [1.54, 1.807) is 17.0 Å². The van der Waals surface area contributed by atoms with Gasteiger partial charge in [-0.15, -0.1) is 0 Å². The van der Waals surface area contributed by atoms with E-state index in [9.17, 15) is 14.7 Å². The lowest BCUT2D eigenvalue weighted by Crippen LogP contribution is -2.31. The highest BCUT2D eigenvalue weighted by atomic mass is 16.3. The van der Waals surface area contributed by atoms with Crippen LogP contribution in [-0.4, -0.2) is 29.1 Å². The number of aliphatic hydroxyl groups is 1. The first-order valence-electron chi connectivity index (χ1n) is 10.0. The molecular weight excluding hydrogens is 366 g/mol. The van der Waals surface area contributed by atoms with Gasteiger partial charge in [0.2, 0.25) is 5.76 Å². The number of amides is 1. The van der Waals surface area contributed by atoms with Crippen LogP contribution >= 0.6 is 0 Å². The molecule has 4 rings (SSSR count). The van der Waals surface area contributed by atoms with Gasteiger partial charge in [0.15, 0.2) is 5.43 Å².